The average Bonchev–Trinajstić information content (AvgIpc) is 3.04. The van der Waals surface area contributed by atoms with Gasteiger partial charge in [-0.25, -0.2) is 9.98 Å². The summed E-state index contributed by atoms with van der Waals surface area (Å²) in [6, 6.07) is 4.14. The number of pyridine rings is 1. The van der Waals surface area contributed by atoms with Crippen LogP contribution in [0, 0.1) is 6.92 Å². The van der Waals surface area contributed by atoms with E-state index in [9.17, 15) is 0 Å². The maximum Gasteiger partial charge on any atom is 0.216 e. The van der Waals surface area contributed by atoms with Crippen molar-refractivity contribution in [2.45, 2.75) is 53.0 Å². The van der Waals surface area contributed by atoms with E-state index in [0.717, 1.165) is 36.9 Å². The van der Waals surface area contributed by atoms with Gasteiger partial charge in [0.1, 0.15) is 12.3 Å². The Kier molecular flexibility index (Phi) is 6.56. The molecule has 2 N–H and O–H groups in total. The fourth-order valence-corrected chi connectivity index (χ4v) is 2.19. The van der Waals surface area contributed by atoms with E-state index in [1.165, 1.54) is 5.56 Å². The van der Waals surface area contributed by atoms with Crippen LogP contribution >= 0.6 is 0 Å². The minimum atomic E-state index is -0.0419. The molecule has 0 aliphatic carbocycles. The molecule has 0 aliphatic rings. The highest BCUT2D eigenvalue weighted by Crippen LogP contribution is 2.22. The number of aromatic nitrogens is 2. The first-order valence-electron chi connectivity index (χ1n) is 8.77. The average molecular weight is 343 g/mol. The summed E-state index contributed by atoms with van der Waals surface area (Å²) in [6.07, 6.45) is 4.60. The van der Waals surface area contributed by atoms with Gasteiger partial charge < -0.3 is 15.1 Å². The molecule has 0 bridgehead atoms. The summed E-state index contributed by atoms with van der Waals surface area (Å²) in [7, 11) is 0. The van der Waals surface area contributed by atoms with Crippen LogP contribution in [0.3, 0.4) is 0 Å². The first-order valence-corrected chi connectivity index (χ1v) is 8.77. The Balaban J connectivity index is 1.89. The van der Waals surface area contributed by atoms with Crippen LogP contribution in [0.1, 0.15) is 50.6 Å². The Labute approximate surface area is 150 Å². The summed E-state index contributed by atoms with van der Waals surface area (Å²) >= 11 is 0. The van der Waals surface area contributed by atoms with Crippen molar-refractivity contribution in [3.05, 3.63) is 47.4 Å². The van der Waals surface area contributed by atoms with Crippen molar-refractivity contribution in [3.63, 3.8) is 0 Å². The molecule has 136 valence electrons. The van der Waals surface area contributed by atoms with Crippen LogP contribution in [-0.4, -0.2) is 29.0 Å². The van der Waals surface area contributed by atoms with Crippen molar-refractivity contribution in [2.24, 2.45) is 4.99 Å². The van der Waals surface area contributed by atoms with E-state index in [-0.39, 0.29) is 5.41 Å². The maximum atomic E-state index is 5.78. The van der Waals surface area contributed by atoms with E-state index in [2.05, 4.69) is 52.4 Å². The lowest BCUT2D eigenvalue weighted by Crippen LogP contribution is -2.38. The second-order valence-electron chi connectivity index (χ2n) is 7.05. The van der Waals surface area contributed by atoms with Gasteiger partial charge in [-0.2, -0.15) is 0 Å². The lowest BCUT2D eigenvalue weighted by molar-refractivity contribution is 0.383. The molecular formula is C19H29N5O. The number of aliphatic imine (C=N–C) groups is 1. The first-order chi connectivity index (χ1) is 11.9. The van der Waals surface area contributed by atoms with Crippen LogP contribution < -0.4 is 10.6 Å². The summed E-state index contributed by atoms with van der Waals surface area (Å²) in [5.41, 5.74) is 2.20. The highest BCUT2D eigenvalue weighted by Gasteiger charge is 2.18. The Morgan fingerprint density at radius 2 is 1.96 bits per heavy atom. The van der Waals surface area contributed by atoms with E-state index < -0.39 is 0 Å². The number of aryl methyl sites for hydroxylation is 1. The van der Waals surface area contributed by atoms with Crippen molar-refractivity contribution in [3.8, 4) is 0 Å². The molecule has 0 saturated carbocycles. The predicted octanol–water partition coefficient (Wildman–Crippen LogP) is 2.97. The Bertz CT molecular complexity index is 683. The largest absolute Gasteiger partial charge is 0.443 e. The summed E-state index contributed by atoms with van der Waals surface area (Å²) in [6.45, 7) is 12.4. The van der Waals surface area contributed by atoms with Gasteiger partial charge in [-0.3, -0.25) is 4.98 Å². The molecule has 6 nitrogen and oxygen atoms in total. The fraction of sp³-hybridized carbons (Fsp3) is 0.526. The normalized spacial score (nSPS) is 12.3. The molecule has 0 fully saturated rings. The van der Waals surface area contributed by atoms with Crippen LogP contribution in [0.15, 0.2) is 33.9 Å². The molecule has 2 rings (SSSR count). The lowest BCUT2D eigenvalue weighted by Gasteiger charge is -2.13. The quantitative estimate of drug-likeness (QED) is 0.623. The van der Waals surface area contributed by atoms with Crippen LogP contribution in [0.5, 0.6) is 0 Å². The van der Waals surface area contributed by atoms with Gasteiger partial charge in [0.2, 0.25) is 5.89 Å². The van der Waals surface area contributed by atoms with Gasteiger partial charge in [0.05, 0.1) is 6.20 Å². The fourth-order valence-electron chi connectivity index (χ4n) is 2.19. The molecule has 0 amide bonds. The van der Waals surface area contributed by atoms with Gasteiger partial charge in [-0.15, -0.1) is 0 Å². The Hall–Kier alpha value is -2.37. The number of oxazole rings is 1. The Morgan fingerprint density at radius 1 is 1.16 bits per heavy atom. The number of nitrogens with zero attached hydrogens (tertiary/aromatic N) is 3. The summed E-state index contributed by atoms with van der Waals surface area (Å²) in [5.74, 6) is 2.27. The number of hydrogen-bond donors (Lipinski definition) is 2. The first kappa shape index (κ1) is 19.0. The number of hydrogen-bond acceptors (Lipinski definition) is 4. The van der Waals surface area contributed by atoms with Crippen LogP contribution in [0.2, 0.25) is 0 Å². The lowest BCUT2D eigenvalue weighted by atomic mass is 9.94. The molecule has 0 aliphatic heterocycles. The molecule has 0 aromatic carbocycles. The zero-order valence-electron chi connectivity index (χ0n) is 15.9. The summed E-state index contributed by atoms with van der Waals surface area (Å²) in [5, 5.41) is 6.57. The van der Waals surface area contributed by atoms with Crippen molar-refractivity contribution in [1.82, 2.24) is 20.6 Å². The van der Waals surface area contributed by atoms with Gasteiger partial charge in [0.15, 0.2) is 5.96 Å². The molecule has 25 heavy (non-hydrogen) atoms. The smallest absolute Gasteiger partial charge is 0.216 e. The topological polar surface area (TPSA) is 75.3 Å². The van der Waals surface area contributed by atoms with E-state index >= 15 is 0 Å². The van der Waals surface area contributed by atoms with Gasteiger partial charge in [-0.05, 0) is 31.9 Å². The molecule has 2 aromatic rings. The van der Waals surface area contributed by atoms with Crippen molar-refractivity contribution in [2.75, 3.05) is 13.1 Å². The third-order valence-electron chi connectivity index (χ3n) is 3.69. The second-order valence-corrected chi connectivity index (χ2v) is 7.05. The molecule has 0 unspecified atom stereocenters. The van der Waals surface area contributed by atoms with Crippen molar-refractivity contribution in [1.29, 1.82) is 0 Å². The monoisotopic (exact) mass is 343 g/mol. The Morgan fingerprint density at radius 3 is 2.56 bits per heavy atom. The zero-order chi connectivity index (χ0) is 18.3. The van der Waals surface area contributed by atoms with Gasteiger partial charge >= 0.3 is 0 Å². The number of nitrogens with one attached hydrogen (secondary N) is 2. The SMILES string of the molecule is CCNC(=NCc1ncc(C(C)(C)C)o1)NCCc1ccc(C)nc1. The molecule has 6 heteroatoms. The third kappa shape index (κ3) is 6.21. The molecule has 0 atom stereocenters. The van der Waals surface area contributed by atoms with Gasteiger partial charge in [-0.1, -0.05) is 26.8 Å². The third-order valence-corrected chi connectivity index (χ3v) is 3.69. The molecule has 0 spiro atoms. The molecule has 2 heterocycles. The minimum absolute atomic E-state index is 0.0419. The van der Waals surface area contributed by atoms with Crippen LogP contribution in [0.25, 0.3) is 0 Å². The molecular weight excluding hydrogens is 314 g/mol. The van der Waals surface area contributed by atoms with E-state index in [4.69, 9.17) is 4.42 Å². The van der Waals surface area contributed by atoms with Crippen LogP contribution in [0.4, 0.5) is 0 Å². The molecule has 0 radical (unpaired) electrons. The predicted molar refractivity (Wildman–Crippen MR) is 101 cm³/mol. The standard InChI is InChI=1S/C19H29N5O/c1-6-20-18(21-10-9-15-8-7-14(2)22-11-15)24-13-17-23-12-16(25-17)19(3,4)5/h7-8,11-12H,6,9-10,13H2,1-5H3,(H2,20,21,24). The number of guanidine groups is 1. The summed E-state index contributed by atoms with van der Waals surface area (Å²) < 4.78 is 5.78. The molecule has 2 aromatic heterocycles. The zero-order valence-corrected chi connectivity index (χ0v) is 15.9. The van der Waals surface area contributed by atoms with Crippen molar-refractivity contribution < 1.29 is 4.42 Å². The highest BCUT2D eigenvalue weighted by atomic mass is 16.4. The van der Waals surface area contributed by atoms with E-state index in [0.29, 0.717) is 12.4 Å². The summed E-state index contributed by atoms with van der Waals surface area (Å²) in [4.78, 5) is 13.2. The van der Waals surface area contributed by atoms with Crippen molar-refractivity contribution >= 4 is 5.96 Å². The molecule has 0 saturated heterocycles. The van der Waals surface area contributed by atoms with E-state index in [1.54, 1.807) is 6.20 Å². The van der Waals surface area contributed by atoms with Gasteiger partial charge in [0.25, 0.3) is 0 Å². The van der Waals surface area contributed by atoms with Crippen LogP contribution in [-0.2, 0) is 18.4 Å². The minimum Gasteiger partial charge on any atom is -0.443 e. The second kappa shape index (κ2) is 8.65. The highest BCUT2D eigenvalue weighted by molar-refractivity contribution is 5.79. The number of rotatable bonds is 6. The maximum absolute atomic E-state index is 5.78. The van der Waals surface area contributed by atoms with Gasteiger partial charge in [0, 0.05) is 30.4 Å². The van der Waals surface area contributed by atoms with E-state index in [1.807, 2.05) is 26.1 Å².